The fourth-order valence-electron chi connectivity index (χ4n) is 6.29. The third-order valence-electron chi connectivity index (χ3n) is 7.70. The number of primary amides is 1. The van der Waals surface area contributed by atoms with Gasteiger partial charge in [-0.2, -0.15) is 0 Å². The average Bonchev–Trinajstić information content (AvgIpc) is 3.51. The van der Waals surface area contributed by atoms with Gasteiger partial charge < -0.3 is 21.7 Å². The second-order valence-electron chi connectivity index (χ2n) is 11.5. The van der Waals surface area contributed by atoms with E-state index >= 15 is 4.39 Å². The third-order valence-corrected chi connectivity index (χ3v) is 9.26. The molecule has 2 aliphatic heterocycles. The van der Waals surface area contributed by atoms with Gasteiger partial charge in [-0.25, -0.2) is 4.39 Å². The lowest BCUT2D eigenvalue weighted by molar-refractivity contribution is -0.124. The van der Waals surface area contributed by atoms with E-state index in [-0.39, 0.29) is 22.8 Å². The molecule has 0 bridgehead atoms. The Hall–Kier alpha value is -2.72. The van der Waals surface area contributed by atoms with Crippen LogP contribution in [0.5, 0.6) is 0 Å². The molecule has 1 aliphatic carbocycles. The van der Waals surface area contributed by atoms with Gasteiger partial charge in [0, 0.05) is 28.6 Å². The maximum absolute atomic E-state index is 15.9. The molecule has 5 N–H and O–H groups in total. The van der Waals surface area contributed by atoms with Crippen LogP contribution in [-0.4, -0.2) is 29.8 Å². The lowest BCUT2D eigenvalue weighted by atomic mass is 9.60. The SMILES string of the molecule is CC(C)(C)CC1NC(C(=O)Nc2ccc(C(N)=O)s2)C(C2CC=CC(Cl)=C2F)C12C(=O)Nc1cc(Cl)ccc12. The van der Waals surface area contributed by atoms with E-state index in [4.69, 9.17) is 28.9 Å². The number of allylic oxidation sites excluding steroid dienone is 4. The Morgan fingerprint density at radius 2 is 1.97 bits per heavy atom. The zero-order chi connectivity index (χ0) is 28.3. The molecule has 1 aromatic heterocycles. The molecule has 3 aliphatic rings. The van der Waals surface area contributed by atoms with E-state index in [1.807, 2.05) is 0 Å². The minimum Gasteiger partial charge on any atom is -0.365 e. The van der Waals surface area contributed by atoms with E-state index in [2.05, 4.69) is 36.7 Å². The molecule has 0 radical (unpaired) electrons. The molecule has 1 aromatic carbocycles. The van der Waals surface area contributed by atoms with Crippen LogP contribution in [0.25, 0.3) is 0 Å². The number of amides is 3. The molecule has 5 unspecified atom stereocenters. The molecule has 3 amide bonds. The molecule has 1 fully saturated rings. The quantitative estimate of drug-likeness (QED) is 0.356. The summed E-state index contributed by atoms with van der Waals surface area (Å²) in [6.07, 6.45) is 4.06. The Bertz CT molecular complexity index is 1430. The predicted octanol–water partition coefficient (Wildman–Crippen LogP) is 5.72. The number of nitrogens with one attached hydrogen (secondary N) is 3. The van der Waals surface area contributed by atoms with Gasteiger partial charge >= 0.3 is 0 Å². The number of thiophene rings is 1. The first-order valence-corrected chi connectivity index (χ1v) is 14.2. The van der Waals surface area contributed by atoms with Crippen molar-refractivity contribution in [1.29, 1.82) is 0 Å². The van der Waals surface area contributed by atoms with Crippen molar-refractivity contribution in [3.05, 3.63) is 68.8 Å². The fourth-order valence-corrected chi connectivity index (χ4v) is 7.46. The van der Waals surface area contributed by atoms with E-state index in [0.29, 0.717) is 32.6 Å². The van der Waals surface area contributed by atoms with Gasteiger partial charge in [-0.05, 0) is 54.2 Å². The summed E-state index contributed by atoms with van der Waals surface area (Å²) in [7, 11) is 0. The van der Waals surface area contributed by atoms with Gasteiger partial charge in [-0.3, -0.25) is 14.4 Å². The maximum atomic E-state index is 15.9. The monoisotopic (exact) mass is 590 g/mol. The third kappa shape index (κ3) is 4.79. The molecule has 39 heavy (non-hydrogen) atoms. The normalized spacial score (nSPS) is 28.1. The number of hydrogen-bond acceptors (Lipinski definition) is 5. The molecule has 2 aromatic rings. The molecule has 1 spiro atoms. The van der Waals surface area contributed by atoms with E-state index in [1.54, 1.807) is 30.3 Å². The van der Waals surface area contributed by atoms with Gasteiger partial charge in [0.2, 0.25) is 11.8 Å². The summed E-state index contributed by atoms with van der Waals surface area (Å²) < 4.78 is 15.9. The molecule has 7 nitrogen and oxygen atoms in total. The lowest BCUT2D eigenvalue weighted by Gasteiger charge is -2.40. The van der Waals surface area contributed by atoms with Gasteiger partial charge in [-0.1, -0.05) is 56.1 Å². The summed E-state index contributed by atoms with van der Waals surface area (Å²) in [5.74, 6) is -3.58. The summed E-state index contributed by atoms with van der Waals surface area (Å²) in [6.45, 7) is 6.16. The van der Waals surface area contributed by atoms with Gasteiger partial charge in [0.05, 0.1) is 26.4 Å². The van der Waals surface area contributed by atoms with Crippen molar-refractivity contribution >= 4 is 62.9 Å². The number of carbonyl (C=O) groups is 3. The maximum Gasteiger partial charge on any atom is 0.258 e. The van der Waals surface area contributed by atoms with Crippen LogP contribution in [0, 0.1) is 17.3 Å². The molecule has 3 heterocycles. The Morgan fingerprint density at radius 1 is 1.23 bits per heavy atom. The van der Waals surface area contributed by atoms with Crippen LogP contribution in [-0.2, 0) is 15.0 Å². The van der Waals surface area contributed by atoms with E-state index in [0.717, 1.165) is 11.3 Å². The molecule has 206 valence electrons. The van der Waals surface area contributed by atoms with E-state index < -0.39 is 47.0 Å². The fraction of sp³-hybridized carbons (Fsp3) is 0.393. The number of carbonyl (C=O) groups excluding carboxylic acids is 3. The molecule has 1 saturated heterocycles. The summed E-state index contributed by atoms with van der Waals surface area (Å²) in [5, 5.41) is 10.1. The van der Waals surface area contributed by atoms with Crippen LogP contribution in [0.15, 0.2) is 53.3 Å². The Morgan fingerprint density at radius 3 is 2.64 bits per heavy atom. The molecule has 5 atom stereocenters. The molecular formula is C28H29Cl2FN4O3S. The summed E-state index contributed by atoms with van der Waals surface area (Å²) >= 11 is 13.6. The second-order valence-corrected chi connectivity index (χ2v) is 13.4. The molecule has 11 heteroatoms. The van der Waals surface area contributed by atoms with Crippen molar-refractivity contribution in [3.8, 4) is 0 Å². The highest BCUT2D eigenvalue weighted by atomic mass is 35.5. The zero-order valence-corrected chi connectivity index (χ0v) is 23.9. The van der Waals surface area contributed by atoms with Crippen molar-refractivity contribution in [2.75, 3.05) is 10.6 Å². The summed E-state index contributed by atoms with van der Waals surface area (Å²) in [5.41, 5.74) is 5.08. The number of benzene rings is 1. The number of anilines is 2. The van der Waals surface area contributed by atoms with Crippen LogP contribution < -0.4 is 21.7 Å². The second kappa shape index (κ2) is 10.0. The number of nitrogens with two attached hydrogens (primary N) is 1. The highest BCUT2D eigenvalue weighted by Gasteiger charge is 2.67. The smallest absolute Gasteiger partial charge is 0.258 e. The van der Waals surface area contributed by atoms with E-state index in [1.165, 1.54) is 12.1 Å². The van der Waals surface area contributed by atoms with Crippen molar-refractivity contribution in [3.63, 3.8) is 0 Å². The van der Waals surface area contributed by atoms with Gasteiger partial charge in [0.1, 0.15) is 5.83 Å². The Balaban J connectivity index is 1.67. The largest absolute Gasteiger partial charge is 0.365 e. The van der Waals surface area contributed by atoms with E-state index in [9.17, 15) is 14.4 Å². The lowest BCUT2D eigenvalue weighted by Crippen LogP contribution is -2.52. The van der Waals surface area contributed by atoms with Crippen molar-refractivity contribution in [2.24, 2.45) is 23.0 Å². The zero-order valence-electron chi connectivity index (χ0n) is 21.6. The molecule has 0 saturated carbocycles. The first-order chi connectivity index (χ1) is 18.3. The topological polar surface area (TPSA) is 113 Å². The van der Waals surface area contributed by atoms with Crippen LogP contribution in [0.4, 0.5) is 15.1 Å². The average molecular weight is 592 g/mol. The van der Waals surface area contributed by atoms with Gasteiger partial charge in [0.15, 0.2) is 0 Å². The number of halogens is 3. The number of hydrogen-bond donors (Lipinski definition) is 4. The van der Waals surface area contributed by atoms with Crippen molar-refractivity contribution in [2.45, 2.75) is 51.1 Å². The Labute approximate surface area is 240 Å². The number of fused-ring (bicyclic) bond motifs is 2. The minimum atomic E-state index is -1.28. The van der Waals surface area contributed by atoms with Crippen LogP contribution in [0.3, 0.4) is 0 Å². The van der Waals surface area contributed by atoms with Crippen molar-refractivity contribution in [1.82, 2.24) is 5.32 Å². The van der Waals surface area contributed by atoms with Crippen LogP contribution >= 0.6 is 34.5 Å². The summed E-state index contributed by atoms with van der Waals surface area (Å²) in [6, 6.07) is 6.83. The standard InChI is InChI=1S/C28H29Cl2FN4O3S/c1-27(2,3)12-19-28(15-8-7-13(29)11-17(15)33-26(28)38)21(14-5-4-6-16(30)22(14)31)23(34-19)25(37)35-20-10-9-18(39-20)24(32)36/h4,6-11,14,19,21,23,34H,5,12H2,1-3H3,(H2,32,36)(H,33,38)(H,35,37). The minimum absolute atomic E-state index is 0.0427. The van der Waals surface area contributed by atoms with Crippen LogP contribution in [0.2, 0.25) is 5.02 Å². The molecular weight excluding hydrogens is 562 g/mol. The van der Waals surface area contributed by atoms with Crippen molar-refractivity contribution < 1.29 is 18.8 Å². The first kappa shape index (κ1) is 27.8. The highest BCUT2D eigenvalue weighted by Crippen LogP contribution is 2.57. The predicted molar refractivity (Wildman–Crippen MR) is 153 cm³/mol. The number of rotatable bonds is 5. The summed E-state index contributed by atoms with van der Waals surface area (Å²) in [4.78, 5) is 40.0. The van der Waals surface area contributed by atoms with Gasteiger partial charge in [0.25, 0.3) is 5.91 Å². The first-order valence-electron chi connectivity index (χ1n) is 12.6. The van der Waals surface area contributed by atoms with Crippen LogP contribution in [0.1, 0.15) is 48.8 Å². The highest BCUT2D eigenvalue weighted by molar-refractivity contribution is 7.18. The Kier molecular flexibility index (Phi) is 7.16. The van der Waals surface area contributed by atoms with Gasteiger partial charge in [-0.15, -0.1) is 11.3 Å². The molecule has 5 rings (SSSR count).